The summed E-state index contributed by atoms with van der Waals surface area (Å²) < 4.78 is 0. The van der Waals surface area contributed by atoms with Crippen LogP contribution in [0.15, 0.2) is 40.0 Å². The summed E-state index contributed by atoms with van der Waals surface area (Å²) in [7, 11) is 1.65. The number of allylic oxidation sites excluding steroid dienone is 1. The summed E-state index contributed by atoms with van der Waals surface area (Å²) in [4.78, 5) is 26.4. The molecule has 0 bridgehead atoms. The fraction of sp³-hybridized carbons (Fsp3) is 0.235. The number of pyridine rings is 1. The summed E-state index contributed by atoms with van der Waals surface area (Å²) >= 11 is 6.30. The molecule has 7 heteroatoms. The van der Waals surface area contributed by atoms with Gasteiger partial charge in [0.1, 0.15) is 5.84 Å². The Morgan fingerprint density at radius 1 is 1.54 bits per heavy atom. The average molecular weight is 344 g/mol. The van der Waals surface area contributed by atoms with E-state index in [0.29, 0.717) is 29.2 Å². The highest BCUT2D eigenvalue weighted by Gasteiger charge is 2.30. The number of rotatable bonds is 3. The zero-order valence-electron chi connectivity index (χ0n) is 13.8. The van der Waals surface area contributed by atoms with Gasteiger partial charge in [0.15, 0.2) is 5.84 Å². The molecule has 124 valence electrons. The van der Waals surface area contributed by atoms with Crippen LogP contribution < -0.4 is 0 Å². The Morgan fingerprint density at radius 2 is 2.25 bits per heavy atom. The van der Waals surface area contributed by atoms with Gasteiger partial charge in [-0.3, -0.25) is 25.1 Å². The number of nitrogens with one attached hydrogen (secondary N) is 1. The van der Waals surface area contributed by atoms with Crippen LogP contribution in [-0.2, 0) is 4.79 Å². The van der Waals surface area contributed by atoms with Gasteiger partial charge in [-0.05, 0) is 32.7 Å². The number of aliphatic imine (C=N–C) groups is 2. The fourth-order valence-electron chi connectivity index (χ4n) is 2.46. The lowest BCUT2D eigenvalue weighted by Gasteiger charge is -2.29. The second kappa shape index (κ2) is 7.31. The van der Waals surface area contributed by atoms with Crippen molar-refractivity contribution in [2.45, 2.75) is 13.8 Å². The van der Waals surface area contributed by atoms with Crippen molar-refractivity contribution >= 4 is 41.5 Å². The normalized spacial score (nSPS) is 18.1. The standard InChI is InChI=1S/C17H18ClN5O/c1-5-10-7-12(17(24)23(6-2)16(10)21-4)14-13(18)8-11(9-22-14)15(19)20-3/h5,7-9,19H,3,6H2,1-2,4H3/b10-5-,19-15?,21-16?. The van der Waals surface area contributed by atoms with Crippen LogP contribution in [0.25, 0.3) is 5.57 Å². The molecule has 1 N–H and O–H groups in total. The first-order chi connectivity index (χ1) is 11.5. The Bertz CT molecular complexity index is 807. The molecule has 1 amide bonds. The summed E-state index contributed by atoms with van der Waals surface area (Å²) in [5.41, 5.74) is 2.04. The third-order valence-corrected chi connectivity index (χ3v) is 3.94. The van der Waals surface area contributed by atoms with Gasteiger partial charge in [-0.2, -0.15) is 0 Å². The van der Waals surface area contributed by atoms with E-state index in [1.165, 1.54) is 6.20 Å². The van der Waals surface area contributed by atoms with Crippen molar-refractivity contribution in [3.8, 4) is 0 Å². The summed E-state index contributed by atoms with van der Waals surface area (Å²) in [5.74, 6) is 0.395. The van der Waals surface area contributed by atoms with E-state index in [2.05, 4.69) is 21.7 Å². The van der Waals surface area contributed by atoms with Gasteiger partial charge in [-0.15, -0.1) is 0 Å². The van der Waals surface area contributed by atoms with E-state index in [4.69, 9.17) is 17.0 Å². The number of carbonyl (C=O) groups is 1. The maximum absolute atomic E-state index is 12.8. The summed E-state index contributed by atoms with van der Waals surface area (Å²) in [6, 6.07) is 1.56. The Balaban J connectivity index is 2.59. The molecule has 1 aromatic rings. The number of nitrogens with zero attached hydrogens (tertiary/aromatic N) is 4. The third kappa shape index (κ3) is 3.05. The topological polar surface area (TPSA) is 81.8 Å². The lowest BCUT2D eigenvalue weighted by molar-refractivity contribution is -0.121. The van der Waals surface area contributed by atoms with Crippen LogP contribution in [0, 0.1) is 5.41 Å². The van der Waals surface area contributed by atoms with Gasteiger partial charge < -0.3 is 0 Å². The molecule has 1 aliphatic rings. The molecule has 0 fully saturated rings. The van der Waals surface area contributed by atoms with Crippen LogP contribution in [-0.4, -0.2) is 47.8 Å². The van der Waals surface area contributed by atoms with Crippen LogP contribution >= 0.6 is 11.6 Å². The Kier molecular flexibility index (Phi) is 5.41. The second-order valence-corrected chi connectivity index (χ2v) is 5.37. The fourth-order valence-corrected chi connectivity index (χ4v) is 2.73. The highest BCUT2D eigenvalue weighted by atomic mass is 35.5. The van der Waals surface area contributed by atoms with Crippen molar-refractivity contribution in [3.63, 3.8) is 0 Å². The van der Waals surface area contributed by atoms with Crippen LogP contribution in [0.2, 0.25) is 5.02 Å². The zero-order valence-corrected chi connectivity index (χ0v) is 14.6. The molecule has 0 unspecified atom stereocenters. The largest absolute Gasteiger partial charge is 0.293 e. The van der Waals surface area contributed by atoms with Crippen LogP contribution in [0.5, 0.6) is 0 Å². The third-order valence-electron chi connectivity index (χ3n) is 3.66. The number of hydrogen-bond donors (Lipinski definition) is 1. The molecular formula is C17H18ClN5O. The summed E-state index contributed by atoms with van der Waals surface area (Å²) in [5, 5.41) is 7.94. The van der Waals surface area contributed by atoms with E-state index in [0.717, 1.165) is 5.57 Å². The molecule has 2 rings (SSSR count). The molecule has 0 saturated carbocycles. The lowest BCUT2D eigenvalue weighted by atomic mass is 9.99. The quantitative estimate of drug-likeness (QED) is 0.676. The second-order valence-electron chi connectivity index (χ2n) is 4.96. The van der Waals surface area contributed by atoms with Crippen molar-refractivity contribution in [1.82, 2.24) is 9.88 Å². The first-order valence-corrected chi connectivity index (χ1v) is 7.74. The van der Waals surface area contributed by atoms with Gasteiger partial charge in [0.2, 0.25) is 0 Å². The lowest BCUT2D eigenvalue weighted by Crippen LogP contribution is -2.41. The highest BCUT2D eigenvalue weighted by molar-refractivity contribution is 6.37. The monoisotopic (exact) mass is 343 g/mol. The number of amidine groups is 2. The summed E-state index contributed by atoms with van der Waals surface area (Å²) in [6.07, 6.45) is 5.08. The molecule has 0 aromatic carbocycles. The van der Waals surface area contributed by atoms with E-state index < -0.39 is 0 Å². The molecule has 2 heterocycles. The smallest absolute Gasteiger partial charge is 0.261 e. The minimum absolute atomic E-state index is 0.0235. The van der Waals surface area contributed by atoms with E-state index >= 15 is 0 Å². The minimum Gasteiger partial charge on any atom is -0.293 e. The number of hydrogen-bond acceptors (Lipinski definition) is 4. The first-order valence-electron chi connectivity index (χ1n) is 7.37. The molecular weight excluding hydrogens is 326 g/mol. The maximum atomic E-state index is 12.8. The molecule has 0 radical (unpaired) electrons. The molecule has 0 saturated heterocycles. The van der Waals surface area contributed by atoms with Gasteiger partial charge in [0.25, 0.3) is 5.91 Å². The first kappa shape index (κ1) is 17.7. The maximum Gasteiger partial charge on any atom is 0.261 e. The highest BCUT2D eigenvalue weighted by Crippen LogP contribution is 2.30. The molecule has 0 aliphatic carbocycles. The molecule has 1 aromatic heterocycles. The predicted octanol–water partition coefficient (Wildman–Crippen LogP) is 2.98. The van der Waals surface area contributed by atoms with Gasteiger partial charge in [0, 0.05) is 30.9 Å². The van der Waals surface area contributed by atoms with Crippen LogP contribution in [0.1, 0.15) is 25.1 Å². The van der Waals surface area contributed by atoms with Gasteiger partial charge in [-0.25, -0.2) is 4.99 Å². The van der Waals surface area contributed by atoms with Gasteiger partial charge in [-0.1, -0.05) is 17.7 Å². The van der Waals surface area contributed by atoms with E-state index in [1.54, 1.807) is 24.1 Å². The molecule has 6 nitrogen and oxygen atoms in total. The van der Waals surface area contributed by atoms with Crippen LogP contribution in [0.4, 0.5) is 0 Å². The number of carbonyl (C=O) groups excluding carboxylic acids is 1. The summed E-state index contributed by atoms with van der Waals surface area (Å²) in [6.45, 7) is 7.57. The van der Waals surface area contributed by atoms with Crippen molar-refractivity contribution in [3.05, 3.63) is 46.3 Å². The molecule has 24 heavy (non-hydrogen) atoms. The van der Waals surface area contributed by atoms with Crippen molar-refractivity contribution < 1.29 is 4.79 Å². The number of likely N-dealkylation sites (N-methyl/N-ethyl adjacent to an activating group) is 1. The van der Waals surface area contributed by atoms with Crippen molar-refractivity contribution in [2.75, 3.05) is 13.6 Å². The Labute approximate surface area is 145 Å². The minimum atomic E-state index is -0.206. The van der Waals surface area contributed by atoms with Crippen molar-refractivity contribution in [1.29, 1.82) is 5.41 Å². The van der Waals surface area contributed by atoms with E-state index in [-0.39, 0.29) is 16.8 Å². The van der Waals surface area contributed by atoms with E-state index in [9.17, 15) is 4.79 Å². The van der Waals surface area contributed by atoms with E-state index in [1.807, 2.05) is 19.9 Å². The van der Waals surface area contributed by atoms with Gasteiger partial charge in [0.05, 0.1) is 16.3 Å². The SMILES string of the molecule is C=NC(=N)c1cnc(C2=C/C(=C/C)C(=NC)N(CC)C2=O)c(Cl)c1. The Morgan fingerprint density at radius 3 is 2.75 bits per heavy atom. The van der Waals surface area contributed by atoms with Crippen LogP contribution in [0.3, 0.4) is 0 Å². The molecule has 1 aliphatic heterocycles. The average Bonchev–Trinajstić information content (AvgIpc) is 2.60. The Hall–Kier alpha value is -2.60. The number of halogens is 1. The zero-order chi connectivity index (χ0) is 17.9. The van der Waals surface area contributed by atoms with Crippen molar-refractivity contribution in [2.24, 2.45) is 9.98 Å². The predicted molar refractivity (Wildman–Crippen MR) is 98.1 cm³/mol. The van der Waals surface area contributed by atoms with Gasteiger partial charge >= 0.3 is 0 Å². The molecule has 0 atom stereocenters. The number of amides is 1. The molecule has 0 spiro atoms. The number of aromatic nitrogens is 1.